The topological polar surface area (TPSA) is 53.6 Å². The number of ether oxygens (including phenoxy) is 2. The van der Waals surface area contributed by atoms with Crippen LogP contribution in [0.5, 0.6) is 17.2 Å². The molecule has 6 nitrogen and oxygen atoms in total. The molecule has 2 aromatic heterocycles. The molecule has 7 heteroatoms. The van der Waals surface area contributed by atoms with Gasteiger partial charge in [-0.05, 0) is 55.0 Å². The van der Waals surface area contributed by atoms with Gasteiger partial charge in [-0.3, -0.25) is 0 Å². The van der Waals surface area contributed by atoms with Crippen molar-refractivity contribution in [1.82, 2.24) is 14.1 Å². The zero-order chi connectivity index (χ0) is 23.9. The largest absolute Gasteiger partial charge is 0.496 e. The maximum atomic E-state index is 5.92. The smallest absolute Gasteiger partial charge is 0.190 e. The summed E-state index contributed by atoms with van der Waals surface area (Å²) in [6.07, 6.45) is 6.60. The van der Waals surface area contributed by atoms with E-state index in [2.05, 4.69) is 25.6 Å². The third kappa shape index (κ3) is 5.53. The molecule has 0 N–H and O–H groups in total. The molecule has 0 spiro atoms. The van der Waals surface area contributed by atoms with E-state index in [0.717, 1.165) is 58.5 Å². The molecule has 0 aliphatic rings. The second-order valence-corrected chi connectivity index (χ2v) is 8.77. The van der Waals surface area contributed by atoms with Crippen LogP contribution >= 0.6 is 11.3 Å². The molecule has 2 heterocycles. The third-order valence-corrected chi connectivity index (χ3v) is 6.44. The van der Waals surface area contributed by atoms with E-state index in [4.69, 9.17) is 14.5 Å². The molecule has 176 valence electrons. The minimum absolute atomic E-state index is 0.782. The summed E-state index contributed by atoms with van der Waals surface area (Å²) in [5, 5.41) is 2.15. The van der Waals surface area contributed by atoms with Crippen LogP contribution in [0.2, 0.25) is 0 Å². The molecule has 5 rings (SSSR count). The number of rotatable bonds is 9. The van der Waals surface area contributed by atoms with Gasteiger partial charge in [-0.2, -0.15) is 0 Å². The number of thiazole rings is 1. The van der Waals surface area contributed by atoms with E-state index in [1.807, 2.05) is 91.5 Å². The molecule has 0 aliphatic carbocycles. The summed E-state index contributed by atoms with van der Waals surface area (Å²) in [5.74, 6) is 2.44. The molecule has 0 fully saturated rings. The SMILES string of the molecule is COc1ccccc1-c1csc(=Nc2ccc(Oc3ccccc3)cc2)n1CCCn1ccnc1. The second-order valence-electron chi connectivity index (χ2n) is 7.93. The summed E-state index contributed by atoms with van der Waals surface area (Å²) < 4.78 is 15.9. The molecule has 5 aromatic rings. The molecule has 0 saturated carbocycles. The molecule has 0 unspecified atom stereocenters. The average molecular weight is 483 g/mol. The third-order valence-electron chi connectivity index (χ3n) is 5.58. The lowest BCUT2D eigenvalue weighted by atomic mass is 10.1. The highest BCUT2D eigenvalue weighted by molar-refractivity contribution is 7.07. The molecule has 0 saturated heterocycles. The number of hydrogen-bond donors (Lipinski definition) is 0. The van der Waals surface area contributed by atoms with E-state index in [0.29, 0.717) is 0 Å². The fraction of sp³-hybridized carbons (Fsp3) is 0.143. The standard InChI is InChI=1S/C28H26N4O2S/c1-33-27-11-6-5-10-25(27)26-20-35-28(32(26)18-7-17-31-19-16-29-21-31)30-22-12-14-24(15-13-22)34-23-8-3-2-4-9-23/h2-6,8-16,19-21H,7,17-18H2,1H3. The Labute approximate surface area is 208 Å². The Hall–Kier alpha value is -4.10. The van der Waals surface area contributed by atoms with Crippen LogP contribution in [0.3, 0.4) is 0 Å². The summed E-state index contributed by atoms with van der Waals surface area (Å²) in [5.41, 5.74) is 3.03. The Morgan fingerprint density at radius 1 is 0.886 bits per heavy atom. The number of hydrogen-bond acceptors (Lipinski definition) is 5. The van der Waals surface area contributed by atoms with E-state index in [-0.39, 0.29) is 0 Å². The Balaban J connectivity index is 1.44. The van der Waals surface area contributed by atoms with Gasteiger partial charge in [0.25, 0.3) is 0 Å². The average Bonchev–Trinajstić information content (AvgIpc) is 3.56. The highest BCUT2D eigenvalue weighted by atomic mass is 32.1. The molecule has 0 aliphatic heterocycles. The van der Waals surface area contributed by atoms with Crippen LogP contribution in [0.4, 0.5) is 5.69 Å². The lowest BCUT2D eigenvalue weighted by Crippen LogP contribution is -2.17. The molecule has 0 atom stereocenters. The fourth-order valence-electron chi connectivity index (χ4n) is 3.86. The number of methoxy groups -OCH3 is 1. The summed E-state index contributed by atoms with van der Waals surface area (Å²) in [6, 6.07) is 25.7. The van der Waals surface area contributed by atoms with Crippen LogP contribution in [0.1, 0.15) is 6.42 Å². The molecular weight excluding hydrogens is 456 g/mol. The van der Waals surface area contributed by atoms with Gasteiger partial charge < -0.3 is 18.6 Å². The van der Waals surface area contributed by atoms with Gasteiger partial charge in [0.05, 0.1) is 24.8 Å². The number of benzene rings is 3. The van der Waals surface area contributed by atoms with Crippen LogP contribution in [-0.4, -0.2) is 21.2 Å². The quantitative estimate of drug-likeness (QED) is 0.240. The van der Waals surface area contributed by atoms with Crippen LogP contribution in [0, 0.1) is 0 Å². The first-order valence-corrected chi connectivity index (χ1v) is 12.3. The molecule has 3 aromatic carbocycles. The normalized spacial score (nSPS) is 11.5. The number of imidazole rings is 1. The van der Waals surface area contributed by atoms with Crippen LogP contribution < -0.4 is 14.3 Å². The summed E-state index contributed by atoms with van der Waals surface area (Å²) in [6.45, 7) is 1.71. The number of aromatic nitrogens is 3. The van der Waals surface area contributed by atoms with Crippen LogP contribution in [-0.2, 0) is 13.1 Å². The Kier molecular flexibility index (Phi) is 7.05. The van der Waals surface area contributed by atoms with Crippen molar-refractivity contribution in [1.29, 1.82) is 0 Å². The minimum atomic E-state index is 0.782. The summed E-state index contributed by atoms with van der Waals surface area (Å²) in [7, 11) is 1.71. The van der Waals surface area contributed by atoms with Crippen molar-refractivity contribution >= 4 is 17.0 Å². The Morgan fingerprint density at radius 2 is 1.66 bits per heavy atom. The predicted octanol–water partition coefficient (Wildman–Crippen LogP) is 6.54. The molecule has 0 bridgehead atoms. The molecule has 0 amide bonds. The van der Waals surface area contributed by atoms with Gasteiger partial charge in [0.1, 0.15) is 17.2 Å². The van der Waals surface area contributed by atoms with Crippen molar-refractivity contribution in [2.24, 2.45) is 4.99 Å². The highest BCUT2D eigenvalue weighted by Crippen LogP contribution is 2.30. The van der Waals surface area contributed by atoms with Crippen molar-refractivity contribution < 1.29 is 9.47 Å². The van der Waals surface area contributed by atoms with Gasteiger partial charge in [-0.25, -0.2) is 9.98 Å². The zero-order valence-corrected chi connectivity index (χ0v) is 20.3. The molecule has 0 radical (unpaired) electrons. The van der Waals surface area contributed by atoms with Gasteiger partial charge >= 0.3 is 0 Å². The van der Waals surface area contributed by atoms with Gasteiger partial charge in [0.15, 0.2) is 4.80 Å². The molecule has 35 heavy (non-hydrogen) atoms. The first kappa shape index (κ1) is 22.7. The van der Waals surface area contributed by atoms with E-state index >= 15 is 0 Å². The number of nitrogens with zero attached hydrogens (tertiary/aromatic N) is 4. The van der Waals surface area contributed by atoms with Crippen molar-refractivity contribution in [3.05, 3.63) is 108 Å². The van der Waals surface area contributed by atoms with Gasteiger partial charge in [0, 0.05) is 36.4 Å². The van der Waals surface area contributed by atoms with Gasteiger partial charge in [-0.15, -0.1) is 11.3 Å². The van der Waals surface area contributed by atoms with E-state index in [1.165, 1.54) is 0 Å². The van der Waals surface area contributed by atoms with E-state index < -0.39 is 0 Å². The first-order chi connectivity index (χ1) is 17.3. The predicted molar refractivity (Wildman–Crippen MR) is 139 cm³/mol. The van der Waals surface area contributed by atoms with E-state index in [1.54, 1.807) is 18.4 Å². The Bertz CT molecular complexity index is 1420. The van der Waals surface area contributed by atoms with Crippen LogP contribution in [0.25, 0.3) is 11.3 Å². The number of para-hydroxylation sites is 2. The van der Waals surface area contributed by atoms with Gasteiger partial charge in [0.2, 0.25) is 0 Å². The van der Waals surface area contributed by atoms with Crippen molar-refractivity contribution in [3.8, 4) is 28.5 Å². The van der Waals surface area contributed by atoms with Crippen molar-refractivity contribution in [3.63, 3.8) is 0 Å². The Morgan fingerprint density at radius 3 is 2.43 bits per heavy atom. The van der Waals surface area contributed by atoms with Gasteiger partial charge in [-0.1, -0.05) is 30.3 Å². The second kappa shape index (κ2) is 10.9. The lowest BCUT2D eigenvalue weighted by molar-refractivity contribution is 0.416. The number of aryl methyl sites for hydroxylation is 1. The zero-order valence-electron chi connectivity index (χ0n) is 19.4. The first-order valence-electron chi connectivity index (χ1n) is 11.5. The van der Waals surface area contributed by atoms with Crippen molar-refractivity contribution in [2.45, 2.75) is 19.5 Å². The lowest BCUT2D eigenvalue weighted by Gasteiger charge is -2.12. The molecular formula is C28H26N4O2S. The fourth-order valence-corrected chi connectivity index (χ4v) is 4.81. The van der Waals surface area contributed by atoms with Crippen LogP contribution in [0.15, 0.2) is 108 Å². The summed E-state index contributed by atoms with van der Waals surface area (Å²) in [4.78, 5) is 10.1. The highest BCUT2D eigenvalue weighted by Gasteiger charge is 2.12. The summed E-state index contributed by atoms with van der Waals surface area (Å²) >= 11 is 1.63. The maximum Gasteiger partial charge on any atom is 0.190 e. The minimum Gasteiger partial charge on any atom is -0.496 e. The van der Waals surface area contributed by atoms with Crippen molar-refractivity contribution in [2.75, 3.05) is 7.11 Å². The van der Waals surface area contributed by atoms with E-state index in [9.17, 15) is 0 Å². The maximum absolute atomic E-state index is 5.92. The monoisotopic (exact) mass is 482 g/mol.